The Morgan fingerprint density at radius 2 is 0.408 bits per heavy atom. The van der Waals surface area contributed by atoms with E-state index in [0.717, 1.165) is 134 Å². The van der Waals surface area contributed by atoms with E-state index in [1.165, 1.54) is 0 Å². The third-order valence-corrected chi connectivity index (χ3v) is 23.6. The van der Waals surface area contributed by atoms with Crippen molar-refractivity contribution in [1.82, 2.24) is 10.6 Å². The molecule has 14 aromatic carbocycles. The van der Waals surface area contributed by atoms with Gasteiger partial charge in [0.15, 0.2) is 0 Å². The third kappa shape index (κ3) is 14.1. The first-order valence-corrected chi connectivity index (χ1v) is 36.5. The fourth-order valence-electron chi connectivity index (χ4n) is 13.9. The molecule has 1 aliphatic carbocycles. The Hall–Kier alpha value is -11.1. The van der Waals surface area contributed by atoms with Gasteiger partial charge >= 0.3 is 0 Å². The van der Waals surface area contributed by atoms with Gasteiger partial charge in [-0.25, -0.2) is 0 Å². The summed E-state index contributed by atoms with van der Waals surface area (Å²) in [5.74, 6) is -0.318. The Labute approximate surface area is 578 Å². The molecule has 472 valence electrons. The second kappa shape index (κ2) is 29.5. The fourth-order valence-corrected chi connectivity index (χ4v) is 19.0. The van der Waals surface area contributed by atoms with E-state index in [0.29, 0.717) is 24.0 Å². The number of carbonyl (C=O) groups excluding carboxylic acids is 2. The highest BCUT2D eigenvalue weighted by Gasteiger charge is 2.33. The molecule has 14 aromatic rings. The second-order valence-electron chi connectivity index (χ2n) is 25.2. The molecule has 2 N–H and O–H groups in total. The molecule has 1 saturated carbocycles. The van der Waals surface area contributed by atoms with Crippen molar-refractivity contribution in [2.24, 2.45) is 0 Å². The van der Waals surface area contributed by atoms with Crippen molar-refractivity contribution in [2.75, 3.05) is 0 Å². The van der Waals surface area contributed by atoms with Gasteiger partial charge in [0.1, 0.15) is 0 Å². The van der Waals surface area contributed by atoms with Crippen LogP contribution in [0.5, 0.6) is 0 Å². The number of hydrogen-bond donors (Lipinski definition) is 2. The molecule has 0 aliphatic heterocycles. The van der Waals surface area contributed by atoms with Crippen molar-refractivity contribution in [3.63, 3.8) is 0 Å². The molecular weight excluding hydrogens is 1230 g/mol. The molecule has 0 radical (unpaired) electrons. The molecule has 0 saturated heterocycles. The van der Waals surface area contributed by atoms with E-state index in [4.69, 9.17) is 0 Å². The van der Waals surface area contributed by atoms with Crippen molar-refractivity contribution in [3.05, 3.63) is 375 Å². The Balaban J connectivity index is 0.829. The van der Waals surface area contributed by atoms with Gasteiger partial charge in [-0.1, -0.05) is 292 Å². The fraction of sp³-hybridized carbons (Fsp3) is 0.0652. The summed E-state index contributed by atoms with van der Waals surface area (Å²) in [5, 5.41) is 13.6. The average molecular weight is 1300 g/mol. The number of rotatable bonds is 18. The van der Waals surface area contributed by atoms with Gasteiger partial charge < -0.3 is 10.6 Å². The van der Waals surface area contributed by atoms with Crippen LogP contribution in [0, 0.1) is 0 Å². The largest absolute Gasteiger partial charge is 0.347 e. The summed E-state index contributed by atoms with van der Waals surface area (Å²) < 4.78 is 0. The Morgan fingerprint density at radius 1 is 0.224 bits per heavy atom. The van der Waals surface area contributed by atoms with Crippen LogP contribution in [0.25, 0.3) is 89.0 Å². The minimum Gasteiger partial charge on any atom is -0.347 e. The topological polar surface area (TPSA) is 58.2 Å². The Morgan fingerprint density at radius 3 is 0.612 bits per heavy atom. The summed E-state index contributed by atoms with van der Waals surface area (Å²) in [6, 6.07) is 129. The lowest BCUT2D eigenvalue weighted by Gasteiger charge is -2.34. The SMILES string of the molecule is O=C(NC1CCCCC1NC(=O)c1ccccc1P(c1cc(-c2ccccc2)cc(-c2ccccc2)c1)c1cc(-c2ccccc2)cc(-c2ccccc2)c1)c1ccccc1P(c1cc(-c2ccccc2)cc(-c2ccccc2)c1)c1cc(-c2ccccc2)cc(-c2ccccc2)c1. The molecule has 2 unspecified atom stereocenters. The molecule has 15 rings (SSSR count). The monoisotopic (exact) mass is 1300 g/mol. The predicted octanol–water partition coefficient (Wildman–Crippen LogP) is 20.0. The maximum atomic E-state index is 15.9. The molecule has 0 aromatic heterocycles. The number of benzene rings is 14. The molecule has 1 aliphatic rings. The lowest BCUT2D eigenvalue weighted by molar-refractivity contribution is 0.0864. The van der Waals surface area contributed by atoms with Crippen LogP contribution in [0.4, 0.5) is 0 Å². The summed E-state index contributed by atoms with van der Waals surface area (Å²) in [7, 11) is -2.89. The first-order valence-electron chi connectivity index (χ1n) is 33.8. The lowest BCUT2D eigenvalue weighted by Crippen LogP contribution is -2.54. The van der Waals surface area contributed by atoms with Gasteiger partial charge in [0.05, 0.1) is 0 Å². The molecular formula is C92H72N2O2P2. The number of carbonyl (C=O) groups is 2. The van der Waals surface area contributed by atoms with Crippen LogP contribution in [0.15, 0.2) is 364 Å². The smallest absolute Gasteiger partial charge is 0.252 e. The third-order valence-electron chi connectivity index (χ3n) is 18.7. The van der Waals surface area contributed by atoms with Gasteiger partial charge in [-0.3, -0.25) is 9.59 Å². The second-order valence-corrected chi connectivity index (χ2v) is 29.5. The van der Waals surface area contributed by atoms with Crippen molar-refractivity contribution < 1.29 is 9.59 Å². The maximum Gasteiger partial charge on any atom is 0.252 e. The highest BCUT2D eigenvalue weighted by Crippen LogP contribution is 2.43. The van der Waals surface area contributed by atoms with E-state index < -0.39 is 15.8 Å². The summed E-state index contributed by atoms with van der Waals surface area (Å²) in [4.78, 5) is 31.8. The van der Waals surface area contributed by atoms with Crippen LogP contribution in [-0.4, -0.2) is 23.9 Å². The molecule has 2 atom stereocenters. The number of nitrogens with one attached hydrogen (secondary N) is 2. The van der Waals surface area contributed by atoms with Crippen molar-refractivity contribution in [1.29, 1.82) is 0 Å². The van der Waals surface area contributed by atoms with E-state index in [9.17, 15) is 0 Å². The van der Waals surface area contributed by atoms with Gasteiger partial charge in [-0.15, -0.1) is 0 Å². The quantitative estimate of drug-likeness (QED) is 0.0841. The highest BCUT2D eigenvalue weighted by molar-refractivity contribution is 7.80. The zero-order chi connectivity index (χ0) is 66.0. The average Bonchev–Trinajstić information content (AvgIpc) is 0.772. The Bertz CT molecular complexity index is 4270. The number of amides is 2. The zero-order valence-electron chi connectivity index (χ0n) is 54.3. The molecule has 0 heterocycles. The first kappa shape index (κ1) is 63.0. The van der Waals surface area contributed by atoms with Gasteiger partial charge in [0, 0.05) is 23.2 Å². The highest BCUT2D eigenvalue weighted by atomic mass is 31.1. The van der Waals surface area contributed by atoms with Crippen LogP contribution in [0.3, 0.4) is 0 Å². The summed E-state index contributed by atoms with van der Waals surface area (Å²) in [6.45, 7) is 0. The van der Waals surface area contributed by atoms with Crippen molar-refractivity contribution >= 4 is 59.5 Å². The van der Waals surface area contributed by atoms with Crippen LogP contribution in [-0.2, 0) is 0 Å². The van der Waals surface area contributed by atoms with Gasteiger partial charge in [-0.05, 0) is 234 Å². The minimum atomic E-state index is -1.44. The van der Waals surface area contributed by atoms with E-state index in [1.807, 2.05) is 24.3 Å². The van der Waals surface area contributed by atoms with E-state index in [1.54, 1.807) is 0 Å². The molecule has 6 heteroatoms. The van der Waals surface area contributed by atoms with E-state index >= 15 is 9.59 Å². The molecule has 0 spiro atoms. The summed E-state index contributed by atoms with van der Waals surface area (Å²) >= 11 is 0. The Kier molecular flexibility index (Phi) is 18.9. The van der Waals surface area contributed by atoms with Crippen LogP contribution >= 0.6 is 15.8 Å². The zero-order valence-corrected chi connectivity index (χ0v) is 56.1. The van der Waals surface area contributed by atoms with Gasteiger partial charge in [-0.2, -0.15) is 0 Å². The molecule has 1 fully saturated rings. The van der Waals surface area contributed by atoms with Crippen molar-refractivity contribution in [3.8, 4) is 89.0 Å². The summed E-state index contributed by atoms with van der Waals surface area (Å²) in [6.07, 6.45) is 3.26. The number of hydrogen-bond acceptors (Lipinski definition) is 2. The van der Waals surface area contributed by atoms with E-state index in [-0.39, 0.29) is 23.9 Å². The normalized spacial score (nSPS) is 13.6. The van der Waals surface area contributed by atoms with E-state index in [2.05, 4.69) is 350 Å². The molecule has 0 bridgehead atoms. The minimum absolute atomic E-state index is 0.159. The maximum absolute atomic E-state index is 15.9. The van der Waals surface area contributed by atoms with Crippen molar-refractivity contribution in [2.45, 2.75) is 37.8 Å². The molecule has 2 amide bonds. The lowest BCUT2D eigenvalue weighted by atomic mass is 9.89. The van der Waals surface area contributed by atoms with Gasteiger partial charge in [0.25, 0.3) is 11.8 Å². The molecule has 98 heavy (non-hydrogen) atoms. The first-order chi connectivity index (χ1) is 48.4. The van der Waals surface area contributed by atoms with Crippen LogP contribution < -0.4 is 42.5 Å². The summed E-state index contributed by atoms with van der Waals surface area (Å²) in [5.41, 5.74) is 19.0. The molecule has 4 nitrogen and oxygen atoms in total. The standard InChI is InChI=1S/C92H72N2O2P2/c95-91(85-47-25-29-51-89(85)97(81-57-73(65-31-9-1-10-32-65)53-74(58-81)66-33-11-2-12-34-66)82-59-75(67-35-13-3-14-36-67)54-76(60-82)68-37-15-4-16-38-68)93-87-49-27-28-50-88(87)94-92(96)86-48-26-30-52-90(86)98(83-61-77(69-39-17-5-18-40-69)55-78(62-83)70-41-19-6-20-42-70)84-63-79(71-43-21-7-22-44-71)56-80(64-84)72-45-23-8-24-46-72/h1-26,29-48,51-64,87-88H,27-28,49-50H2,(H,93,95)(H,94,96). The van der Waals surface area contributed by atoms with Crippen LogP contribution in [0.2, 0.25) is 0 Å². The van der Waals surface area contributed by atoms with Crippen LogP contribution in [0.1, 0.15) is 46.4 Å². The predicted molar refractivity (Wildman–Crippen MR) is 415 cm³/mol. The van der Waals surface area contributed by atoms with Gasteiger partial charge in [0.2, 0.25) is 0 Å².